The van der Waals surface area contributed by atoms with Crippen LogP contribution in [-0.2, 0) is 9.53 Å². The molecule has 4 nitrogen and oxygen atoms in total. The van der Waals surface area contributed by atoms with Crippen molar-refractivity contribution in [3.8, 4) is 0 Å². The zero-order chi connectivity index (χ0) is 14.7. The van der Waals surface area contributed by atoms with Gasteiger partial charge in [0.25, 0.3) is 5.91 Å². The lowest BCUT2D eigenvalue weighted by Gasteiger charge is -2.34. The maximum absolute atomic E-state index is 12.6. The van der Waals surface area contributed by atoms with Crippen LogP contribution in [0.25, 0.3) is 0 Å². The third-order valence-corrected chi connectivity index (χ3v) is 3.62. The second kappa shape index (κ2) is 6.08. The van der Waals surface area contributed by atoms with Crippen LogP contribution in [0.2, 0.25) is 0 Å². The smallest absolute Gasteiger partial charge is 0.259 e. The minimum absolute atomic E-state index is 0.205. The summed E-state index contributed by atoms with van der Waals surface area (Å²) in [6.07, 6.45) is -1.81. The first-order chi connectivity index (χ1) is 10.3. The van der Waals surface area contributed by atoms with E-state index >= 15 is 0 Å². The summed E-state index contributed by atoms with van der Waals surface area (Å²) in [6, 6.07) is 18.6. The number of morpholine rings is 1. The monoisotopic (exact) mass is 283 g/mol. The molecule has 1 aliphatic rings. The largest absolute Gasteiger partial charge is 0.385 e. The summed E-state index contributed by atoms with van der Waals surface area (Å²) in [5.74, 6) is -0.205. The Morgan fingerprint density at radius 1 is 1.05 bits per heavy atom. The first kappa shape index (κ1) is 13.8. The van der Waals surface area contributed by atoms with E-state index < -0.39 is 12.2 Å². The molecule has 1 heterocycles. The highest BCUT2D eigenvalue weighted by atomic mass is 16.5. The van der Waals surface area contributed by atoms with Gasteiger partial charge in [0.2, 0.25) is 0 Å². The van der Waals surface area contributed by atoms with Gasteiger partial charge in [0.15, 0.2) is 6.10 Å². The van der Waals surface area contributed by atoms with Crippen molar-refractivity contribution in [1.29, 1.82) is 0 Å². The lowest BCUT2D eigenvalue weighted by molar-refractivity contribution is -0.143. The van der Waals surface area contributed by atoms with Gasteiger partial charge in [0.05, 0.1) is 6.61 Å². The van der Waals surface area contributed by atoms with E-state index in [0.29, 0.717) is 18.7 Å². The van der Waals surface area contributed by atoms with Gasteiger partial charge in [0.1, 0.15) is 6.10 Å². The Balaban J connectivity index is 1.82. The molecule has 1 saturated heterocycles. The van der Waals surface area contributed by atoms with Crippen molar-refractivity contribution in [1.82, 2.24) is 0 Å². The number of aliphatic hydroxyl groups is 1. The number of hydrogen-bond donors (Lipinski definition) is 1. The van der Waals surface area contributed by atoms with Crippen molar-refractivity contribution in [2.75, 3.05) is 18.1 Å². The van der Waals surface area contributed by atoms with E-state index in [4.69, 9.17) is 4.74 Å². The molecule has 1 fully saturated rings. The number of para-hydroxylation sites is 1. The Labute approximate surface area is 123 Å². The molecule has 0 aliphatic carbocycles. The molecule has 0 saturated carbocycles. The quantitative estimate of drug-likeness (QED) is 0.939. The predicted molar refractivity (Wildman–Crippen MR) is 79.9 cm³/mol. The van der Waals surface area contributed by atoms with E-state index in [1.807, 2.05) is 48.5 Å². The van der Waals surface area contributed by atoms with Gasteiger partial charge < -0.3 is 14.7 Å². The number of carbonyl (C=O) groups excluding carboxylic acids is 1. The SMILES string of the molecule is O=C1[C@@H]([C@@H](O)c2ccccc2)OCCN1c1ccccc1. The molecule has 0 aromatic heterocycles. The molecule has 2 aromatic carbocycles. The van der Waals surface area contributed by atoms with E-state index in [2.05, 4.69) is 0 Å². The Kier molecular flexibility index (Phi) is 3.99. The summed E-state index contributed by atoms with van der Waals surface area (Å²) >= 11 is 0. The van der Waals surface area contributed by atoms with Crippen LogP contribution in [0.1, 0.15) is 11.7 Å². The number of aliphatic hydroxyl groups excluding tert-OH is 1. The molecule has 1 N–H and O–H groups in total. The number of benzene rings is 2. The number of amides is 1. The van der Waals surface area contributed by atoms with Crippen molar-refractivity contribution in [3.63, 3.8) is 0 Å². The Morgan fingerprint density at radius 2 is 1.67 bits per heavy atom. The van der Waals surface area contributed by atoms with E-state index in [0.717, 1.165) is 5.69 Å². The number of ether oxygens (including phenoxy) is 1. The third-order valence-electron chi connectivity index (χ3n) is 3.62. The van der Waals surface area contributed by atoms with Crippen LogP contribution in [0.3, 0.4) is 0 Å². The summed E-state index contributed by atoms with van der Waals surface area (Å²) in [7, 11) is 0. The van der Waals surface area contributed by atoms with Gasteiger partial charge in [-0.25, -0.2) is 0 Å². The van der Waals surface area contributed by atoms with E-state index in [9.17, 15) is 9.90 Å². The van der Waals surface area contributed by atoms with Gasteiger partial charge in [-0.3, -0.25) is 4.79 Å². The van der Waals surface area contributed by atoms with Crippen molar-refractivity contribution in [2.45, 2.75) is 12.2 Å². The highest BCUT2D eigenvalue weighted by Gasteiger charge is 2.36. The fourth-order valence-electron chi connectivity index (χ4n) is 2.52. The van der Waals surface area contributed by atoms with Crippen molar-refractivity contribution < 1.29 is 14.6 Å². The fourth-order valence-corrected chi connectivity index (χ4v) is 2.52. The third kappa shape index (κ3) is 2.82. The van der Waals surface area contributed by atoms with Crippen LogP contribution in [0.5, 0.6) is 0 Å². The lowest BCUT2D eigenvalue weighted by atomic mass is 10.0. The summed E-state index contributed by atoms with van der Waals surface area (Å²) in [4.78, 5) is 14.2. The van der Waals surface area contributed by atoms with Crippen LogP contribution in [0.4, 0.5) is 5.69 Å². The van der Waals surface area contributed by atoms with E-state index in [-0.39, 0.29) is 5.91 Å². The Morgan fingerprint density at radius 3 is 2.33 bits per heavy atom. The molecule has 21 heavy (non-hydrogen) atoms. The second-order valence-electron chi connectivity index (χ2n) is 4.97. The molecule has 3 rings (SSSR count). The second-order valence-corrected chi connectivity index (χ2v) is 4.97. The lowest BCUT2D eigenvalue weighted by Crippen LogP contribution is -2.50. The first-order valence-corrected chi connectivity index (χ1v) is 6.98. The van der Waals surface area contributed by atoms with E-state index in [1.54, 1.807) is 17.0 Å². The average Bonchev–Trinajstić information content (AvgIpc) is 2.56. The van der Waals surface area contributed by atoms with Crippen molar-refractivity contribution in [2.24, 2.45) is 0 Å². The summed E-state index contributed by atoms with van der Waals surface area (Å²) in [5, 5.41) is 10.4. The standard InChI is InChI=1S/C17H17NO3/c19-15(13-7-3-1-4-8-13)16-17(20)18(11-12-21-16)14-9-5-2-6-10-14/h1-10,15-16,19H,11-12H2/t15-,16+/m0/s1. The first-order valence-electron chi connectivity index (χ1n) is 6.98. The summed E-state index contributed by atoms with van der Waals surface area (Å²) < 4.78 is 5.52. The zero-order valence-electron chi connectivity index (χ0n) is 11.6. The molecule has 4 heteroatoms. The topological polar surface area (TPSA) is 49.8 Å². The van der Waals surface area contributed by atoms with Gasteiger partial charge in [-0.05, 0) is 17.7 Å². The highest BCUT2D eigenvalue weighted by molar-refractivity contribution is 5.97. The maximum Gasteiger partial charge on any atom is 0.259 e. The molecular formula is C17H17NO3. The van der Waals surface area contributed by atoms with Crippen molar-refractivity contribution in [3.05, 3.63) is 66.2 Å². The van der Waals surface area contributed by atoms with Crippen LogP contribution in [-0.4, -0.2) is 30.3 Å². The van der Waals surface area contributed by atoms with Gasteiger partial charge in [-0.15, -0.1) is 0 Å². The predicted octanol–water partition coefficient (Wildman–Crippen LogP) is 2.15. The Hall–Kier alpha value is -2.17. The molecule has 1 aliphatic heterocycles. The Bertz CT molecular complexity index is 600. The summed E-state index contributed by atoms with van der Waals surface area (Å²) in [5.41, 5.74) is 1.52. The molecule has 0 unspecified atom stereocenters. The zero-order valence-corrected chi connectivity index (χ0v) is 11.6. The maximum atomic E-state index is 12.6. The normalized spacial score (nSPS) is 20.3. The fraction of sp³-hybridized carbons (Fsp3) is 0.235. The molecule has 0 spiro atoms. The summed E-state index contributed by atoms with van der Waals surface area (Å²) in [6.45, 7) is 0.913. The van der Waals surface area contributed by atoms with Gasteiger partial charge in [-0.2, -0.15) is 0 Å². The van der Waals surface area contributed by atoms with Gasteiger partial charge >= 0.3 is 0 Å². The number of anilines is 1. The average molecular weight is 283 g/mol. The van der Waals surface area contributed by atoms with Gasteiger partial charge in [-0.1, -0.05) is 48.5 Å². The number of hydrogen-bond acceptors (Lipinski definition) is 3. The molecule has 0 radical (unpaired) electrons. The minimum Gasteiger partial charge on any atom is -0.385 e. The van der Waals surface area contributed by atoms with E-state index in [1.165, 1.54) is 0 Å². The van der Waals surface area contributed by atoms with Crippen LogP contribution in [0.15, 0.2) is 60.7 Å². The van der Waals surface area contributed by atoms with Crippen molar-refractivity contribution >= 4 is 11.6 Å². The molecule has 0 bridgehead atoms. The molecule has 1 amide bonds. The van der Waals surface area contributed by atoms with Gasteiger partial charge in [0, 0.05) is 12.2 Å². The molecule has 108 valence electrons. The van der Waals surface area contributed by atoms with Crippen LogP contribution >= 0.6 is 0 Å². The number of carbonyl (C=O) groups is 1. The van der Waals surface area contributed by atoms with Crippen LogP contribution in [0, 0.1) is 0 Å². The molecule has 2 aromatic rings. The molecule has 2 atom stereocenters. The van der Waals surface area contributed by atoms with Crippen LogP contribution < -0.4 is 4.90 Å². The number of nitrogens with zero attached hydrogens (tertiary/aromatic N) is 1. The number of rotatable bonds is 3. The molecular weight excluding hydrogens is 266 g/mol. The highest BCUT2D eigenvalue weighted by Crippen LogP contribution is 2.26. The minimum atomic E-state index is -0.954.